The smallest absolute Gasteiger partial charge is 0.222 e. The summed E-state index contributed by atoms with van der Waals surface area (Å²) in [6.45, 7) is 5.09. The van der Waals surface area contributed by atoms with Crippen LogP contribution in [0.2, 0.25) is 0 Å². The van der Waals surface area contributed by atoms with Gasteiger partial charge in [-0.05, 0) is 32.4 Å². The van der Waals surface area contributed by atoms with Gasteiger partial charge < -0.3 is 10.6 Å². The zero-order valence-electron chi connectivity index (χ0n) is 10.0. The second-order valence-corrected chi connectivity index (χ2v) is 4.93. The SMILES string of the molecule is NCCCCCN1CCN2C(=O)CCC2C1. The maximum Gasteiger partial charge on any atom is 0.222 e. The first-order valence-electron chi connectivity index (χ1n) is 6.53. The minimum Gasteiger partial charge on any atom is -0.337 e. The standard InChI is InChI=1S/C12H23N3O/c13-6-2-1-3-7-14-8-9-15-11(10-14)4-5-12(15)16/h11H,1-10,13H2. The summed E-state index contributed by atoms with van der Waals surface area (Å²) in [6, 6.07) is 0.510. The number of nitrogens with zero attached hydrogens (tertiary/aromatic N) is 2. The van der Waals surface area contributed by atoms with Gasteiger partial charge in [0.05, 0.1) is 0 Å². The lowest BCUT2D eigenvalue weighted by molar-refractivity contribution is -0.130. The quantitative estimate of drug-likeness (QED) is 0.690. The van der Waals surface area contributed by atoms with E-state index < -0.39 is 0 Å². The lowest BCUT2D eigenvalue weighted by atomic mass is 10.1. The largest absolute Gasteiger partial charge is 0.337 e. The number of fused-ring (bicyclic) bond motifs is 1. The van der Waals surface area contributed by atoms with Gasteiger partial charge in [0.15, 0.2) is 0 Å². The molecule has 2 aliphatic heterocycles. The van der Waals surface area contributed by atoms with Gasteiger partial charge in [-0.3, -0.25) is 9.69 Å². The summed E-state index contributed by atoms with van der Waals surface area (Å²) < 4.78 is 0. The summed E-state index contributed by atoms with van der Waals surface area (Å²) in [4.78, 5) is 16.1. The van der Waals surface area contributed by atoms with Gasteiger partial charge in [0.2, 0.25) is 5.91 Å². The second-order valence-electron chi connectivity index (χ2n) is 4.93. The van der Waals surface area contributed by atoms with E-state index in [2.05, 4.69) is 9.80 Å². The van der Waals surface area contributed by atoms with Crippen molar-refractivity contribution in [2.24, 2.45) is 5.73 Å². The highest BCUT2D eigenvalue weighted by Gasteiger charge is 2.34. The number of carbonyl (C=O) groups excluding carboxylic acids is 1. The van der Waals surface area contributed by atoms with Crippen LogP contribution in [0, 0.1) is 0 Å². The Hall–Kier alpha value is -0.610. The Balaban J connectivity index is 1.68. The molecule has 2 N–H and O–H groups in total. The fourth-order valence-corrected chi connectivity index (χ4v) is 2.79. The Morgan fingerprint density at radius 1 is 1.25 bits per heavy atom. The van der Waals surface area contributed by atoms with Gasteiger partial charge in [0.25, 0.3) is 0 Å². The second kappa shape index (κ2) is 5.64. The molecule has 16 heavy (non-hydrogen) atoms. The van der Waals surface area contributed by atoms with Crippen LogP contribution in [-0.2, 0) is 4.79 Å². The predicted octanol–water partition coefficient (Wildman–Crippen LogP) is 0.422. The van der Waals surface area contributed by atoms with Crippen molar-refractivity contribution in [3.8, 4) is 0 Å². The van der Waals surface area contributed by atoms with Crippen LogP contribution in [0.5, 0.6) is 0 Å². The van der Waals surface area contributed by atoms with Gasteiger partial charge in [-0.1, -0.05) is 6.42 Å². The topological polar surface area (TPSA) is 49.6 Å². The van der Waals surface area contributed by atoms with Crippen molar-refractivity contribution in [1.82, 2.24) is 9.80 Å². The van der Waals surface area contributed by atoms with Crippen LogP contribution in [0.3, 0.4) is 0 Å². The molecule has 1 unspecified atom stereocenters. The number of carbonyl (C=O) groups is 1. The van der Waals surface area contributed by atoms with Crippen LogP contribution >= 0.6 is 0 Å². The molecule has 0 aliphatic carbocycles. The van der Waals surface area contributed by atoms with Gasteiger partial charge in [0.1, 0.15) is 0 Å². The fraction of sp³-hybridized carbons (Fsp3) is 0.917. The van der Waals surface area contributed by atoms with E-state index in [1.54, 1.807) is 0 Å². The van der Waals surface area contributed by atoms with Crippen LogP contribution in [0.15, 0.2) is 0 Å². The normalized spacial score (nSPS) is 26.2. The average Bonchev–Trinajstić information content (AvgIpc) is 2.66. The van der Waals surface area contributed by atoms with E-state index in [0.29, 0.717) is 11.9 Å². The molecule has 2 rings (SSSR count). The van der Waals surface area contributed by atoms with Crippen LogP contribution < -0.4 is 5.73 Å². The Bertz CT molecular complexity index is 244. The van der Waals surface area contributed by atoms with Crippen molar-refractivity contribution >= 4 is 5.91 Å². The lowest BCUT2D eigenvalue weighted by Crippen LogP contribution is -2.51. The molecule has 0 aromatic rings. The first-order valence-corrected chi connectivity index (χ1v) is 6.53. The Morgan fingerprint density at radius 3 is 2.94 bits per heavy atom. The molecule has 4 nitrogen and oxygen atoms in total. The molecular formula is C12H23N3O. The number of piperazine rings is 1. The van der Waals surface area contributed by atoms with Gasteiger partial charge >= 0.3 is 0 Å². The highest BCUT2D eigenvalue weighted by Crippen LogP contribution is 2.22. The number of hydrogen-bond acceptors (Lipinski definition) is 3. The lowest BCUT2D eigenvalue weighted by Gasteiger charge is -2.37. The van der Waals surface area contributed by atoms with E-state index in [4.69, 9.17) is 5.73 Å². The van der Waals surface area contributed by atoms with E-state index in [1.165, 1.54) is 19.4 Å². The molecule has 1 atom stereocenters. The van der Waals surface area contributed by atoms with Crippen molar-refractivity contribution in [3.63, 3.8) is 0 Å². The molecule has 0 aromatic carbocycles. The third-order valence-electron chi connectivity index (χ3n) is 3.76. The fourth-order valence-electron chi connectivity index (χ4n) is 2.79. The highest BCUT2D eigenvalue weighted by atomic mass is 16.2. The van der Waals surface area contributed by atoms with E-state index in [0.717, 1.165) is 45.4 Å². The van der Waals surface area contributed by atoms with Crippen molar-refractivity contribution in [2.75, 3.05) is 32.7 Å². The number of hydrogen-bond donors (Lipinski definition) is 1. The maximum atomic E-state index is 11.5. The summed E-state index contributed by atoms with van der Waals surface area (Å²) in [5.41, 5.74) is 5.48. The van der Waals surface area contributed by atoms with Crippen molar-refractivity contribution < 1.29 is 4.79 Å². The molecule has 2 heterocycles. The summed E-state index contributed by atoms with van der Waals surface area (Å²) >= 11 is 0. The zero-order chi connectivity index (χ0) is 11.4. The summed E-state index contributed by atoms with van der Waals surface area (Å²) in [6.07, 6.45) is 5.46. The van der Waals surface area contributed by atoms with Gasteiger partial charge in [-0.2, -0.15) is 0 Å². The number of rotatable bonds is 5. The third kappa shape index (κ3) is 2.74. The summed E-state index contributed by atoms with van der Waals surface area (Å²) in [5.74, 6) is 0.368. The zero-order valence-corrected chi connectivity index (χ0v) is 10.0. The molecule has 1 amide bonds. The monoisotopic (exact) mass is 225 g/mol. The van der Waals surface area contributed by atoms with Gasteiger partial charge in [0, 0.05) is 32.1 Å². The number of unbranched alkanes of at least 4 members (excludes halogenated alkanes) is 2. The van der Waals surface area contributed by atoms with E-state index in [1.807, 2.05) is 0 Å². The predicted molar refractivity (Wildman–Crippen MR) is 64.1 cm³/mol. The molecule has 2 saturated heterocycles. The first kappa shape index (κ1) is 11.9. The van der Waals surface area contributed by atoms with Gasteiger partial charge in [-0.25, -0.2) is 0 Å². The number of nitrogens with two attached hydrogens (primary N) is 1. The molecule has 2 aliphatic rings. The van der Waals surface area contributed by atoms with Crippen molar-refractivity contribution in [2.45, 2.75) is 38.1 Å². The Kier molecular flexibility index (Phi) is 4.18. The van der Waals surface area contributed by atoms with Crippen LogP contribution in [0.25, 0.3) is 0 Å². The van der Waals surface area contributed by atoms with Crippen molar-refractivity contribution in [3.05, 3.63) is 0 Å². The molecule has 0 aromatic heterocycles. The third-order valence-corrected chi connectivity index (χ3v) is 3.76. The summed E-state index contributed by atoms with van der Waals surface area (Å²) in [5, 5.41) is 0. The van der Waals surface area contributed by atoms with Crippen molar-refractivity contribution in [1.29, 1.82) is 0 Å². The molecule has 4 heteroatoms. The molecule has 92 valence electrons. The average molecular weight is 225 g/mol. The van der Waals surface area contributed by atoms with E-state index in [9.17, 15) is 4.79 Å². The van der Waals surface area contributed by atoms with Crippen LogP contribution in [0.1, 0.15) is 32.1 Å². The molecule has 0 saturated carbocycles. The minimum absolute atomic E-state index is 0.368. The molecule has 0 bridgehead atoms. The maximum absolute atomic E-state index is 11.5. The van der Waals surface area contributed by atoms with Crippen LogP contribution in [0.4, 0.5) is 0 Å². The highest BCUT2D eigenvalue weighted by molar-refractivity contribution is 5.78. The minimum atomic E-state index is 0.368. The van der Waals surface area contributed by atoms with E-state index >= 15 is 0 Å². The number of amides is 1. The first-order chi connectivity index (χ1) is 7.81. The molecule has 0 spiro atoms. The van der Waals surface area contributed by atoms with Gasteiger partial charge in [-0.15, -0.1) is 0 Å². The molecular weight excluding hydrogens is 202 g/mol. The molecule has 0 radical (unpaired) electrons. The molecule has 2 fully saturated rings. The van der Waals surface area contributed by atoms with E-state index in [-0.39, 0.29) is 0 Å². The Labute approximate surface area is 97.8 Å². The Morgan fingerprint density at radius 2 is 2.12 bits per heavy atom. The summed E-state index contributed by atoms with van der Waals surface area (Å²) in [7, 11) is 0. The van der Waals surface area contributed by atoms with Crippen LogP contribution in [-0.4, -0.2) is 54.5 Å².